The largest absolute Gasteiger partial charge is 0.497 e. The fraction of sp³-hybridized carbons (Fsp3) is 0.0667. The fourth-order valence-electron chi connectivity index (χ4n) is 2.29. The molecule has 0 radical (unpaired) electrons. The van der Waals surface area contributed by atoms with Gasteiger partial charge < -0.3 is 4.74 Å². The summed E-state index contributed by atoms with van der Waals surface area (Å²) in [5.74, 6) is -0.455. The van der Waals surface area contributed by atoms with Crippen molar-refractivity contribution in [1.82, 2.24) is 0 Å². The number of ketones is 2. The molecule has 2 aromatic rings. The summed E-state index contributed by atoms with van der Waals surface area (Å²) in [4.78, 5) is 24.2. The average Bonchev–Trinajstić information content (AvgIpc) is 2.44. The van der Waals surface area contributed by atoms with Gasteiger partial charge in [-0.15, -0.1) is 0 Å². The summed E-state index contributed by atoms with van der Waals surface area (Å²) < 4.78 is 5.16. The molecule has 0 unspecified atom stereocenters. The molecular formula is C15H9ClO3. The molecule has 2 aromatic carbocycles. The van der Waals surface area contributed by atoms with Crippen LogP contribution in [0.1, 0.15) is 20.7 Å². The van der Waals surface area contributed by atoms with E-state index in [1.54, 1.807) is 43.5 Å². The highest BCUT2D eigenvalue weighted by Gasteiger charge is 2.32. The Morgan fingerprint density at radius 2 is 1.74 bits per heavy atom. The van der Waals surface area contributed by atoms with Crippen molar-refractivity contribution in [3.8, 4) is 16.9 Å². The Kier molecular flexibility index (Phi) is 2.64. The number of rotatable bonds is 1. The smallest absolute Gasteiger partial charge is 0.235 e. The van der Waals surface area contributed by atoms with Crippen molar-refractivity contribution < 1.29 is 14.3 Å². The van der Waals surface area contributed by atoms with E-state index in [1.165, 1.54) is 0 Å². The molecule has 4 heteroatoms. The van der Waals surface area contributed by atoms with E-state index in [1.807, 2.05) is 0 Å². The van der Waals surface area contributed by atoms with Crippen LogP contribution in [0.25, 0.3) is 11.1 Å². The topological polar surface area (TPSA) is 43.4 Å². The maximum atomic E-state index is 12.1. The van der Waals surface area contributed by atoms with Crippen LogP contribution in [0.5, 0.6) is 5.75 Å². The third-order valence-electron chi connectivity index (χ3n) is 3.21. The van der Waals surface area contributed by atoms with Gasteiger partial charge in [-0.2, -0.15) is 0 Å². The summed E-state index contributed by atoms with van der Waals surface area (Å²) >= 11 is 6.04. The minimum atomic E-state index is -0.557. The van der Waals surface area contributed by atoms with Gasteiger partial charge in [0, 0.05) is 5.56 Å². The maximum absolute atomic E-state index is 12.1. The molecule has 3 rings (SSSR count). The molecule has 0 spiro atoms. The van der Waals surface area contributed by atoms with E-state index in [0.717, 1.165) is 0 Å². The van der Waals surface area contributed by atoms with Crippen molar-refractivity contribution in [1.29, 1.82) is 0 Å². The summed E-state index contributed by atoms with van der Waals surface area (Å²) in [6.45, 7) is 0. The van der Waals surface area contributed by atoms with Crippen molar-refractivity contribution >= 4 is 23.2 Å². The molecule has 0 bridgehead atoms. The molecule has 0 aromatic heterocycles. The third kappa shape index (κ3) is 1.66. The molecule has 3 nitrogen and oxygen atoms in total. The first-order chi connectivity index (χ1) is 9.13. The monoisotopic (exact) mass is 272 g/mol. The standard InChI is InChI=1S/C15H9ClO3/c1-19-8-5-6-10-11(7-8)9-3-2-4-12(16)13(9)15(18)14(10)17/h2-7H,1H3. The molecular weight excluding hydrogens is 264 g/mol. The number of ether oxygens (including phenoxy) is 1. The molecule has 94 valence electrons. The van der Waals surface area contributed by atoms with E-state index in [2.05, 4.69) is 0 Å². The van der Waals surface area contributed by atoms with Crippen LogP contribution in [-0.2, 0) is 0 Å². The van der Waals surface area contributed by atoms with Crippen molar-refractivity contribution in [3.05, 3.63) is 52.5 Å². The molecule has 0 saturated heterocycles. The van der Waals surface area contributed by atoms with E-state index in [-0.39, 0.29) is 5.56 Å². The number of carbonyl (C=O) groups excluding carboxylic acids is 2. The number of carbonyl (C=O) groups is 2. The predicted molar refractivity (Wildman–Crippen MR) is 72.1 cm³/mol. The van der Waals surface area contributed by atoms with Crippen molar-refractivity contribution in [2.75, 3.05) is 7.11 Å². The molecule has 0 amide bonds. The van der Waals surface area contributed by atoms with Gasteiger partial charge in [0.1, 0.15) is 5.75 Å². The van der Waals surface area contributed by atoms with Gasteiger partial charge in [-0.25, -0.2) is 0 Å². The minimum absolute atomic E-state index is 0.273. The van der Waals surface area contributed by atoms with E-state index < -0.39 is 11.6 Å². The Morgan fingerprint density at radius 3 is 2.47 bits per heavy atom. The number of Topliss-reactive ketones (excluding diaryl/α,β-unsaturated/α-hetero) is 2. The number of hydrogen-bond donors (Lipinski definition) is 0. The zero-order chi connectivity index (χ0) is 13.6. The summed E-state index contributed by atoms with van der Waals surface area (Å²) in [6.07, 6.45) is 0. The molecule has 1 aliphatic carbocycles. The average molecular weight is 273 g/mol. The van der Waals surface area contributed by atoms with Gasteiger partial charge in [0.2, 0.25) is 11.6 Å². The van der Waals surface area contributed by atoms with Gasteiger partial charge in [0.25, 0.3) is 0 Å². The molecule has 19 heavy (non-hydrogen) atoms. The highest BCUT2D eigenvalue weighted by atomic mass is 35.5. The maximum Gasteiger partial charge on any atom is 0.235 e. The Balaban J connectivity index is 2.38. The van der Waals surface area contributed by atoms with E-state index in [9.17, 15) is 9.59 Å². The first kappa shape index (κ1) is 11.9. The van der Waals surface area contributed by atoms with Crippen LogP contribution < -0.4 is 4.74 Å². The quantitative estimate of drug-likeness (QED) is 0.747. The lowest BCUT2D eigenvalue weighted by atomic mass is 9.84. The van der Waals surface area contributed by atoms with Crippen molar-refractivity contribution in [2.45, 2.75) is 0 Å². The summed E-state index contributed by atoms with van der Waals surface area (Å²) in [6, 6.07) is 10.2. The fourth-order valence-corrected chi connectivity index (χ4v) is 2.55. The highest BCUT2D eigenvalue weighted by Crippen LogP contribution is 2.38. The van der Waals surface area contributed by atoms with Crippen molar-refractivity contribution in [3.63, 3.8) is 0 Å². The van der Waals surface area contributed by atoms with E-state index >= 15 is 0 Å². The Labute approximate surface area is 114 Å². The molecule has 0 saturated carbocycles. The second-order valence-corrected chi connectivity index (χ2v) is 4.64. The summed E-state index contributed by atoms with van der Waals surface area (Å²) in [5.41, 5.74) is 2.02. The van der Waals surface area contributed by atoms with Crippen LogP contribution in [0, 0.1) is 0 Å². The van der Waals surface area contributed by atoms with Gasteiger partial charge in [0.05, 0.1) is 17.7 Å². The predicted octanol–water partition coefficient (Wildman–Crippen LogP) is 3.39. The molecule has 0 N–H and O–H groups in total. The number of halogens is 1. The lowest BCUT2D eigenvalue weighted by Gasteiger charge is -2.19. The first-order valence-corrected chi connectivity index (χ1v) is 6.07. The summed E-state index contributed by atoms with van der Waals surface area (Å²) in [7, 11) is 1.55. The van der Waals surface area contributed by atoms with E-state index in [4.69, 9.17) is 16.3 Å². The Morgan fingerprint density at radius 1 is 0.947 bits per heavy atom. The third-order valence-corrected chi connectivity index (χ3v) is 3.52. The van der Waals surface area contributed by atoms with Crippen LogP contribution >= 0.6 is 11.6 Å². The lowest BCUT2D eigenvalue weighted by molar-refractivity contribution is 0.0815. The van der Waals surface area contributed by atoms with Gasteiger partial charge >= 0.3 is 0 Å². The van der Waals surface area contributed by atoms with E-state index in [0.29, 0.717) is 27.5 Å². The number of benzene rings is 2. The van der Waals surface area contributed by atoms with Gasteiger partial charge in [0.15, 0.2) is 0 Å². The van der Waals surface area contributed by atoms with Gasteiger partial charge in [-0.05, 0) is 35.4 Å². The SMILES string of the molecule is COc1ccc2c(c1)-c1cccc(Cl)c1C(=O)C2=O. The molecule has 1 aliphatic rings. The number of hydrogen-bond acceptors (Lipinski definition) is 3. The van der Waals surface area contributed by atoms with Crippen LogP contribution in [0.4, 0.5) is 0 Å². The van der Waals surface area contributed by atoms with Crippen molar-refractivity contribution in [2.24, 2.45) is 0 Å². The van der Waals surface area contributed by atoms with Crippen LogP contribution in [0.15, 0.2) is 36.4 Å². The zero-order valence-electron chi connectivity index (χ0n) is 10.1. The molecule has 0 aliphatic heterocycles. The van der Waals surface area contributed by atoms with Crippen LogP contribution in [-0.4, -0.2) is 18.7 Å². The number of methoxy groups -OCH3 is 1. The van der Waals surface area contributed by atoms with Gasteiger partial charge in [-0.1, -0.05) is 23.7 Å². The highest BCUT2D eigenvalue weighted by molar-refractivity contribution is 6.55. The number of fused-ring (bicyclic) bond motifs is 3. The Hall–Kier alpha value is -2.13. The Bertz CT molecular complexity index is 719. The van der Waals surface area contributed by atoms with Gasteiger partial charge in [-0.3, -0.25) is 9.59 Å². The minimum Gasteiger partial charge on any atom is -0.497 e. The first-order valence-electron chi connectivity index (χ1n) is 5.69. The molecule has 0 atom stereocenters. The second kappa shape index (κ2) is 4.21. The normalized spacial score (nSPS) is 12.9. The van der Waals surface area contributed by atoms with Crippen LogP contribution in [0.2, 0.25) is 5.02 Å². The second-order valence-electron chi connectivity index (χ2n) is 4.23. The van der Waals surface area contributed by atoms with Crippen LogP contribution in [0.3, 0.4) is 0 Å². The zero-order valence-corrected chi connectivity index (χ0v) is 10.8. The lowest BCUT2D eigenvalue weighted by Crippen LogP contribution is -2.21. The summed E-state index contributed by atoms with van der Waals surface area (Å²) in [5, 5.41) is 0.296. The molecule has 0 heterocycles. The molecule has 0 fully saturated rings.